The first-order valence-corrected chi connectivity index (χ1v) is 12.8. The molecule has 2 aliphatic rings. The van der Waals surface area contributed by atoms with Gasteiger partial charge in [-0.3, -0.25) is 14.5 Å². The molecule has 1 aromatic rings. The number of carbonyl (C=O) groups is 2. The van der Waals surface area contributed by atoms with Gasteiger partial charge >= 0.3 is 0 Å². The first-order chi connectivity index (χ1) is 14.6. The minimum absolute atomic E-state index is 0.0396. The van der Waals surface area contributed by atoms with Gasteiger partial charge in [0.05, 0.1) is 19.4 Å². The van der Waals surface area contributed by atoms with E-state index in [-0.39, 0.29) is 25.0 Å². The molecular weight excluding hydrogens is 418 g/mol. The maximum absolute atomic E-state index is 13.5. The maximum atomic E-state index is 13.5. The number of carbonyl (C=O) groups excluding carboxylic acids is 2. The number of hydrogen-bond acceptors (Lipinski definition) is 5. The van der Waals surface area contributed by atoms with Crippen LogP contribution in [0, 0.1) is 0 Å². The molecule has 172 valence electrons. The molecule has 1 aromatic carbocycles. The van der Waals surface area contributed by atoms with Gasteiger partial charge in [0, 0.05) is 18.3 Å². The third-order valence-electron chi connectivity index (χ3n) is 6.09. The minimum Gasteiger partial charge on any atom is -0.494 e. The van der Waals surface area contributed by atoms with Gasteiger partial charge in [-0.15, -0.1) is 0 Å². The Hall–Kier alpha value is -2.13. The van der Waals surface area contributed by atoms with E-state index in [1.54, 1.807) is 31.2 Å². The molecule has 1 N–H and O–H groups in total. The van der Waals surface area contributed by atoms with Crippen LogP contribution >= 0.6 is 0 Å². The summed E-state index contributed by atoms with van der Waals surface area (Å²) in [7, 11) is -3.64. The second kappa shape index (κ2) is 9.56. The number of hydrogen-bond donors (Lipinski definition) is 1. The number of amides is 2. The van der Waals surface area contributed by atoms with Crippen molar-refractivity contribution in [2.24, 2.45) is 0 Å². The number of nitrogens with one attached hydrogen (secondary N) is 1. The predicted octanol–water partition coefficient (Wildman–Crippen LogP) is 2.29. The highest BCUT2D eigenvalue weighted by molar-refractivity contribution is 7.88. The van der Waals surface area contributed by atoms with E-state index in [9.17, 15) is 18.0 Å². The Morgan fingerprint density at radius 1 is 1.16 bits per heavy atom. The Morgan fingerprint density at radius 2 is 1.77 bits per heavy atom. The highest BCUT2D eigenvalue weighted by Crippen LogP contribution is 2.32. The molecule has 8 nitrogen and oxygen atoms in total. The van der Waals surface area contributed by atoms with Crippen LogP contribution in [0.15, 0.2) is 24.3 Å². The van der Waals surface area contributed by atoms with Crippen molar-refractivity contribution >= 4 is 27.5 Å². The predicted molar refractivity (Wildman–Crippen MR) is 120 cm³/mol. The van der Waals surface area contributed by atoms with Crippen LogP contribution in [0.5, 0.6) is 5.75 Å². The minimum atomic E-state index is -3.64. The lowest BCUT2D eigenvalue weighted by atomic mass is 9.93. The molecule has 31 heavy (non-hydrogen) atoms. The normalized spacial score (nSPS) is 24.0. The summed E-state index contributed by atoms with van der Waals surface area (Å²) in [5, 5.41) is 3.11. The first kappa shape index (κ1) is 23.5. The molecule has 2 amide bonds. The van der Waals surface area contributed by atoms with Gasteiger partial charge in [0.1, 0.15) is 11.3 Å². The van der Waals surface area contributed by atoms with E-state index < -0.39 is 21.5 Å². The van der Waals surface area contributed by atoms with Crippen molar-refractivity contribution < 1.29 is 22.7 Å². The lowest BCUT2D eigenvalue weighted by Crippen LogP contribution is -2.70. The fraction of sp³-hybridized carbons (Fsp3) is 0.636. The molecule has 0 unspecified atom stereocenters. The van der Waals surface area contributed by atoms with Gasteiger partial charge in [-0.2, -0.15) is 4.31 Å². The van der Waals surface area contributed by atoms with Crippen LogP contribution in [0.1, 0.15) is 52.4 Å². The number of sulfonamides is 1. The third-order valence-corrected chi connectivity index (χ3v) is 7.29. The zero-order valence-corrected chi connectivity index (χ0v) is 19.4. The summed E-state index contributed by atoms with van der Waals surface area (Å²) in [4.78, 5) is 28.1. The Morgan fingerprint density at radius 3 is 2.32 bits per heavy atom. The van der Waals surface area contributed by atoms with Crippen molar-refractivity contribution in [1.29, 1.82) is 0 Å². The summed E-state index contributed by atoms with van der Waals surface area (Å²) in [5.41, 5.74) is -0.821. The molecule has 3 rings (SSSR count). The van der Waals surface area contributed by atoms with E-state index in [1.807, 2.05) is 6.92 Å². The molecule has 0 aromatic heterocycles. The molecule has 1 saturated carbocycles. The molecule has 9 heteroatoms. The molecule has 1 aliphatic heterocycles. The van der Waals surface area contributed by atoms with Crippen LogP contribution in [0.3, 0.4) is 0 Å². The lowest BCUT2D eigenvalue weighted by molar-refractivity contribution is -0.133. The Kier molecular flexibility index (Phi) is 7.26. The van der Waals surface area contributed by atoms with E-state index in [0.29, 0.717) is 18.0 Å². The van der Waals surface area contributed by atoms with Crippen LogP contribution in [0.25, 0.3) is 0 Å². The van der Waals surface area contributed by atoms with Gasteiger partial charge in [0.15, 0.2) is 0 Å². The number of ether oxygens (including phenoxy) is 1. The Balaban J connectivity index is 1.93. The van der Waals surface area contributed by atoms with Crippen molar-refractivity contribution in [3.8, 4) is 5.75 Å². The van der Waals surface area contributed by atoms with Gasteiger partial charge in [-0.25, -0.2) is 8.42 Å². The highest BCUT2D eigenvalue weighted by atomic mass is 32.2. The fourth-order valence-electron chi connectivity index (χ4n) is 4.43. The monoisotopic (exact) mass is 451 g/mol. The second-order valence-corrected chi connectivity index (χ2v) is 10.6. The van der Waals surface area contributed by atoms with E-state index in [2.05, 4.69) is 5.32 Å². The van der Waals surface area contributed by atoms with E-state index >= 15 is 0 Å². The van der Waals surface area contributed by atoms with Crippen molar-refractivity contribution in [3.05, 3.63) is 24.3 Å². The number of benzene rings is 1. The molecule has 1 atom stereocenters. The fourth-order valence-corrected chi connectivity index (χ4v) is 5.26. The summed E-state index contributed by atoms with van der Waals surface area (Å²) in [6.45, 7) is 3.66. The maximum Gasteiger partial charge on any atom is 0.247 e. The van der Waals surface area contributed by atoms with Crippen LogP contribution in [-0.4, -0.2) is 62.1 Å². The van der Waals surface area contributed by atoms with Crippen LogP contribution in [0.2, 0.25) is 0 Å². The molecule has 1 saturated heterocycles. The SMILES string of the molecule is CCOc1ccc(N2C(=O)CN(S(C)(=O)=O)C[C@@]2(C)C(=O)NC2CCCCCC2)cc1. The number of piperazine rings is 1. The van der Waals surface area contributed by atoms with Crippen molar-refractivity contribution in [3.63, 3.8) is 0 Å². The zero-order chi connectivity index (χ0) is 22.6. The van der Waals surface area contributed by atoms with Crippen molar-refractivity contribution in [2.75, 3.05) is 30.9 Å². The van der Waals surface area contributed by atoms with E-state index in [4.69, 9.17) is 4.74 Å². The number of anilines is 1. The topological polar surface area (TPSA) is 96.0 Å². The average molecular weight is 452 g/mol. The quantitative estimate of drug-likeness (QED) is 0.670. The molecule has 2 fully saturated rings. The molecule has 0 bridgehead atoms. The number of nitrogens with zero attached hydrogens (tertiary/aromatic N) is 2. The smallest absolute Gasteiger partial charge is 0.247 e. The summed E-state index contributed by atoms with van der Waals surface area (Å²) >= 11 is 0. The van der Waals surface area contributed by atoms with Gasteiger partial charge < -0.3 is 10.1 Å². The van der Waals surface area contributed by atoms with Crippen molar-refractivity contribution in [2.45, 2.75) is 64.0 Å². The summed E-state index contributed by atoms with van der Waals surface area (Å²) < 4.78 is 31.1. The summed E-state index contributed by atoms with van der Waals surface area (Å²) in [6, 6.07) is 7.00. The van der Waals surface area contributed by atoms with Gasteiger partial charge in [-0.1, -0.05) is 25.7 Å². The molecular formula is C22H33N3O5S. The molecule has 1 heterocycles. The third kappa shape index (κ3) is 5.38. The van der Waals surface area contributed by atoms with Gasteiger partial charge in [0.2, 0.25) is 21.8 Å². The van der Waals surface area contributed by atoms with Gasteiger partial charge in [-0.05, 0) is 51.0 Å². The molecule has 0 spiro atoms. The average Bonchev–Trinajstić information content (AvgIpc) is 2.97. The Bertz CT molecular complexity index is 894. The molecule has 0 radical (unpaired) electrons. The second-order valence-electron chi connectivity index (χ2n) is 8.62. The van der Waals surface area contributed by atoms with Crippen LogP contribution < -0.4 is 15.0 Å². The largest absolute Gasteiger partial charge is 0.494 e. The molecule has 1 aliphatic carbocycles. The van der Waals surface area contributed by atoms with Crippen LogP contribution in [0.4, 0.5) is 5.69 Å². The van der Waals surface area contributed by atoms with E-state index in [0.717, 1.165) is 49.1 Å². The Labute approximate surface area is 185 Å². The summed E-state index contributed by atoms with van der Waals surface area (Å²) in [6.07, 6.45) is 7.28. The van der Waals surface area contributed by atoms with Crippen molar-refractivity contribution in [1.82, 2.24) is 9.62 Å². The highest BCUT2D eigenvalue weighted by Gasteiger charge is 2.50. The van der Waals surface area contributed by atoms with Gasteiger partial charge in [0.25, 0.3) is 0 Å². The van der Waals surface area contributed by atoms with Crippen LogP contribution in [-0.2, 0) is 19.6 Å². The summed E-state index contributed by atoms with van der Waals surface area (Å²) in [5.74, 6) is -0.0904. The standard InChI is InChI=1S/C22H33N3O5S/c1-4-30-19-13-11-18(12-14-19)25-20(26)15-24(31(3,28)29)16-22(25,2)21(27)23-17-9-7-5-6-8-10-17/h11-14,17H,4-10,15-16H2,1-3H3,(H,23,27)/t22-/m0/s1. The van der Waals surface area contributed by atoms with E-state index in [1.165, 1.54) is 4.90 Å². The number of rotatable bonds is 6. The first-order valence-electron chi connectivity index (χ1n) is 11.0. The zero-order valence-electron chi connectivity index (χ0n) is 18.6. The lowest BCUT2D eigenvalue weighted by Gasteiger charge is -2.47.